The Morgan fingerprint density at radius 2 is 0.652 bits per heavy atom. The Morgan fingerprint density at radius 3 is 0.870 bits per heavy atom. The molecule has 0 saturated heterocycles. The average Bonchev–Trinajstić information content (AvgIpc) is 2.53. The van der Waals surface area contributed by atoms with Crippen molar-refractivity contribution >= 4 is 36.2 Å². The van der Waals surface area contributed by atoms with Crippen LogP contribution in [0.2, 0.25) is 0 Å². The van der Waals surface area contributed by atoms with Crippen molar-refractivity contribution in [3.8, 4) is 0 Å². The predicted molar refractivity (Wildman–Crippen MR) is 107 cm³/mol. The van der Waals surface area contributed by atoms with E-state index in [0.717, 1.165) is 0 Å². The first-order valence-electron chi connectivity index (χ1n) is 7.63. The van der Waals surface area contributed by atoms with E-state index in [1.807, 2.05) is 0 Å². The monoisotopic (exact) mass is 340 g/mol. The maximum atomic E-state index is 2.28. The van der Waals surface area contributed by atoms with Crippen molar-refractivity contribution < 1.29 is 0 Å². The lowest BCUT2D eigenvalue weighted by molar-refractivity contribution is 1.48. The van der Waals surface area contributed by atoms with Crippen molar-refractivity contribution in [3.63, 3.8) is 0 Å². The third kappa shape index (κ3) is 4.22. The van der Waals surface area contributed by atoms with Crippen LogP contribution >= 0.6 is 20.3 Å². The maximum Gasteiger partial charge on any atom is -0.0134 e. The number of rotatable bonds is 3. The minimum atomic E-state index is -0.483. The van der Waals surface area contributed by atoms with E-state index in [2.05, 4.69) is 93.6 Å². The maximum absolute atomic E-state index is 2.28. The standard InChI is InChI=1S/C21H21P.ClH/c1-16-4-10-19(11-5-16)22(20-12-6-17(2)7-13-20)21-14-8-18(3)9-15-21;/h4-15H,1-3H3;1H. The summed E-state index contributed by atoms with van der Waals surface area (Å²) in [6, 6.07) is 27.0. The van der Waals surface area contributed by atoms with Gasteiger partial charge in [-0.2, -0.15) is 0 Å². The average molecular weight is 341 g/mol. The van der Waals surface area contributed by atoms with E-state index in [9.17, 15) is 0 Å². The van der Waals surface area contributed by atoms with Crippen LogP contribution in [0.25, 0.3) is 0 Å². The minimum Gasteiger partial charge on any atom is -0.147 e. The van der Waals surface area contributed by atoms with Gasteiger partial charge in [0.15, 0.2) is 0 Å². The molecule has 0 atom stereocenters. The van der Waals surface area contributed by atoms with Gasteiger partial charge in [0.25, 0.3) is 0 Å². The summed E-state index contributed by atoms with van der Waals surface area (Å²) in [6.07, 6.45) is 0. The van der Waals surface area contributed by atoms with Gasteiger partial charge in [0.2, 0.25) is 0 Å². The van der Waals surface area contributed by atoms with E-state index in [4.69, 9.17) is 0 Å². The van der Waals surface area contributed by atoms with Gasteiger partial charge in [-0.3, -0.25) is 0 Å². The third-order valence-corrected chi connectivity index (χ3v) is 6.32. The molecule has 3 aromatic carbocycles. The van der Waals surface area contributed by atoms with E-state index in [-0.39, 0.29) is 12.4 Å². The van der Waals surface area contributed by atoms with Crippen LogP contribution in [0.5, 0.6) is 0 Å². The lowest BCUT2D eigenvalue weighted by Crippen LogP contribution is -2.20. The molecule has 0 spiro atoms. The van der Waals surface area contributed by atoms with Crippen LogP contribution in [0, 0.1) is 20.8 Å². The molecule has 0 N–H and O–H groups in total. The Bertz CT molecular complexity index is 635. The van der Waals surface area contributed by atoms with Gasteiger partial charge in [-0.15, -0.1) is 12.4 Å². The van der Waals surface area contributed by atoms with Crippen LogP contribution in [-0.4, -0.2) is 0 Å². The molecule has 0 bridgehead atoms. The number of hydrogen-bond donors (Lipinski definition) is 0. The summed E-state index contributed by atoms with van der Waals surface area (Å²) in [6.45, 7) is 6.43. The highest BCUT2D eigenvalue weighted by molar-refractivity contribution is 7.79. The molecule has 23 heavy (non-hydrogen) atoms. The highest BCUT2D eigenvalue weighted by Crippen LogP contribution is 2.32. The molecule has 0 aliphatic carbocycles. The SMILES string of the molecule is Cc1ccc(P(c2ccc(C)cc2)c2ccc(C)cc2)cc1.Cl. The molecular weight excluding hydrogens is 319 g/mol. The third-order valence-electron chi connectivity index (χ3n) is 3.88. The quantitative estimate of drug-likeness (QED) is 0.601. The second-order valence-electron chi connectivity index (χ2n) is 5.84. The second-order valence-corrected chi connectivity index (χ2v) is 8.06. The van der Waals surface area contributed by atoms with Crippen molar-refractivity contribution in [2.24, 2.45) is 0 Å². The highest BCUT2D eigenvalue weighted by Gasteiger charge is 2.16. The van der Waals surface area contributed by atoms with Gasteiger partial charge < -0.3 is 0 Å². The fraction of sp³-hybridized carbons (Fsp3) is 0.143. The Labute approximate surface area is 146 Å². The minimum absolute atomic E-state index is 0. The van der Waals surface area contributed by atoms with Crippen molar-refractivity contribution in [1.29, 1.82) is 0 Å². The summed E-state index contributed by atoms with van der Waals surface area (Å²) in [5.74, 6) is 0. The molecule has 0 aliphatic rings. The van der Waals surface area contributed by atoms with Crippen LogP contribution in [0.4, 0.5) is 0 Å². The fourth-order valence-corrected chi connectivity index (χ4v) is 4.76. The first-order valence-corrected chi connectivity index (χ1v) is 8.98. The first kappa shape index (κ1) is 17.7. The van der Waals surface area contributed by atoms with E-state index in [1.54, 1.807) is 0 Å². The summed E-state index contributed by atoms with van der Waals surface area (Å²) in [5, 5.41) is 4.23. The van der Waals surface area contributed by atoms with Gasteiger partial charge in [-0.05, 0) is 44.6 Å². The molecular formula is C21H22ClP. The Hall–Kier alpha value is -1.62. The van der Waals surface area contributed by atoms with Crippen molar-refractivity contribution in [1.82, 2.24) is 0 Å². The largest absolute Gasteiger partial charge is 0.147 e. The smallest absolute Gasteiger partial charge is 0.0134 e. The lowest BCUT2D eigenvalue weighted by atomic mass is 10.2. The second kappa shape index (κ2) is 7.77. The van der Waals surface area contributed by atoms with E-state index in [1.165, 1.54) is 32.6 Å². The summed E-state index contributed by atoms with van der Waals surface area (Å²) in [7, 11) is -0.483. The zero-order valence-corrected chi connectivity index (χ0v) is 15.5. The molecule has 3 aromatic rings. The Kier molecular flexibility index (Phi) is 5.99. The number of aryl methyl sites for hydroxylation is 3. The highest BCUT2D eigenvalue weighted by atomic mass is 35.5. The van der Waals surface area contributed by atoms with Crippen LogP contribution in [0.15, 0.2) is 72.8 Å². The van der Waals surface area contributed by atoms with Gasteiger partial charge in [-0.25, -0.2) is 0 Å². The number of hydrogen-bond acceptors (Lipinski definition) is 0. The van der Waals surface area contributed by atoms with Gasteiger partial charge in [0.05, 0.1) is 0 Å². The summed E-state index contributed by atoms with van der Waals surface area (Å²) >= 11 is 0. The van der Waals surface area contributed by atoms with Gasteiger partial charge in [0, 0.05) is 0 Å². The molecule has 118 valence electrons. The van der Waals surface area contributed by atoms with Crippen LogP contribution in [-0.2, 0) is 0 Å². The molecule has 0 amide bonds. The van der Waals surface area contributed by atoms with Crippen molar-refractivity contribution in [2.75, 3.05) is 0 Å². The zero-order valence-electron chi connectivity index (χ0n) is 13.8. The van der Waals surface area contributed by atoms with E-state index < -0.39 is 7.92 Å². The zero-order chi connectivity index (χ0) is 15.5. The summed E-state index contributed by atoms with van der Waals surface area (Å²) in [4.78, 5) is 0. The molecule has 0 radical (unpaired) electrons. The molecule has 0 aliphatic heterocycles. The van der Waals surface area contributed by atoms with Crippen LogP contribution < -0.4 is 15.9 Å². The molecule has 0 aromatic heterocycles. The first-order chi connectivity index (χ1) is 10.6. The van der Waals surface area contributed by atoms with E-state index >= 15 is 0 Å². The molecule has 0 unspecified atom stereocenters. The van der Waals surface area contributed by atoms with E-state index in [0.29, 0.717) is 0 Å². The van der Waals surface area contributed by atoms with Crippen LogP contribution in [0.3, 0.4) is 0 Å². The van der Waals surface area contributed by atoms with Gasteiger partial charge in [0.1, 0.15) is 0 Å². The summed E-state index contributed by atoms with van der Waals surface area (Å²) in [5.41, 5.74) is 3.93. The molecule has 3 rings (SSSR count). The molecule has 0 nitrogen and oxygen atoms in total. The van der Waals surface area contributed by atoms with Gasteiger partial charge >= 0.3 is 0 Å². The van der Waals surface area contributed by atoms with Crippen LogP contribution in [0.1, 0.15) is 16.7 Å². The predicted octanol–water partition coefficient (Wildman–Crippen LogP) is 4.79. The molecule has 0 saturated carbocycles. The van der Waals surface area contributed by atoms with Crippen molar-refractivity contribution in [3.05, 3.63) is 89.5 Å². The topological polar surface area (TPSA) is 0 Å². The number of benzene rings is 3. The molecule has 0 heterocycles. The summed E-state index contributed by atoms with van der Waals surface area (Å²) < 4.78 is 0. The van der Waals surface area contributed by atoms with Gasteiger partial charge in [-0.1, -0.05) is 89.5 Å². The fourth-order valence-electron chi connectivity index (χ4n) is 2.53. The number of halogens is 1. The van der Waals surface area contributed by atoms with Crippen molar-refractivity contribution in [2.45, 2.75) is 20.8 Å². The Balaban J connectivity index is 0.00000192. The normalized spacial score (nSPS) is 10.4. The molecule has 2 heteroatoms. The Morgan fingerprint density at radius 1 is 0.435 bits per heavy atom. The molecule has 0 fully saturated rings. The lowest BCUT2D eigenvalue weighted by Gasteiger charge is -2.20.